The molecule has 0 aliphatic rings. The van der Waals surface area contributed by atoms with E-state index < -0.39 is 0 Å². The van der Waals surface area contributed by atoms with Gasteiger partial charge in [0.25, 0.3) is 5.91 Å². The van der Waals surface area contributed by atoms with Gasteiger partial charge >= 0.3 is 0 Å². The first-order valence-electron chi connectivity index (χ1n) is 6.32. The molecule has 1 aromatic carbocycles. The van der Waals surface area contributed by atoms with Gasteiger partial charge in [0.2, 0.25) is 5.91 Å². The van der Waals surface area contributed by atoms with Crippen LogP contribution in [0, 0.1) is 0 Å². The molecule has 2 rings (SSSR count). The van der Waals surface area contributed by atoms with Gasteiger partial charge in [0.15, 0.2) is 0 Å². The van der Waals surface area contributed by atoms with E-state index in [2.05, 4.69) is 15.6 Å². The number of benzene rings is 1. The normalized spacial score (nSPS) is 9.81. The molecule has 2 aromatic rings. The Balaban J connectivity index is 2.11. The minimum Gasteiger partial charge on any atom is -0.457 e. The second-order valence-corrected chi connectivity index (χ2v) is 4.26. The van der Waals surface area contributed by atoms with E-state index in [1.54, 1.807) is 36.4 Å². The molecule has 0 atom stereocenters. The highest BCUT2D eigenvalue weighted by atomic mass is 16.5. The fourth-order valence-electron chi connectivity index (χ4n) is 1.67. The highest BCUT2D eigenvalue weighted by molar-refractivity contribution is 5.92. The largest absolute Gasteiger partial charge is 0.457 e. The zero-order chi connectivity index (χ0) is 15.2. The van der Waals surface area contributed by atoms with E-state index in [0.29, 0.717) is 17.2 Å². The van der Waals surface area contributed by atoms with Crippen molar-refractivity contribution in [2.24, 2.45) is 0 Å². The van der Waals surface area contributed by atoms with Crippen molar-refractivity contribution in [2.75, 3.05) is 12.4 Å². The number of anilines is 1. The number of carbonyl (C=O) groups is 2. The Morgan fingerprint density at radius 3 is 2.43 bits per heavy atom. The maximum absolute atomic E-state index is 11.5. The standard InChI is InChI=1S/C15H15N3O3/c1-10(19)18-11-3-5-12(6-4-11)21-13-7-8-17-14(9-13)15(20)16-2/h3-9H,1-2H3,(H,16,20)(H,18,19). The molecule has 108 valence electrons. The summed E-state index contributed by atoms with van der Waals surface area (Å²) >= 11 is 0. The summed E-state index contributed by atoms with van der Waals surface area (Å²) in [5.41, 5.74) is 0.973. The van der Waals surface area contributed by atoms with Crippen molar-refractivity contribution in [3.05, 3.63) is 48.3 Å². The third-order valence-corrected chi connectivity index (χ3v) is 2.60. The van der Waals surface area contributed by atoms with E-state index in [0.717, 1.165) is 0 Å². The Kier molecular flexibility index (Phi) is 4.50. The van der Waals surface area contributed by atoms with Crippen LogP contribution in [-0.2, 0) is 4.79 Å². The van der Waals surface area contributed by atoms with Crippen LogP contribution in [0.5, 0.6) is 11.5 Å². The van der Waals surface area contributed by atoms with Crippen molar-refractivity contribution in [2.45, 2.75) is 6.92 Å². The zero-order valence-corrected chi connectivity index (χ0v) is 11.7. The third-order valence-electron chi connectivity index (χ3n) is 2.60. The van der Waals surface area contributed by atoms with Gasteiger partial charge < -0.3 is 15.4 Å². The van der Waals surface area contributed by atoms with Crippen molar-refractivity contribution in [3.8, 4) is 11.5 Å². The van der Waals surface area contributed by atoms with Crippen molar-refractivity contribution in [1.29, 1.82) is 0 Å². The van der Waals surface area contributed by atoms with Gasteiger partial charge in [0.05, 0.1) is 0 Å². The first kappa shape index (κ1) is 14.5. The predicted octanol–water partition coefficient (Wildman–Crippen LogP) is 2.19. The Morgan fingerprint density at radius 2 is 1.81 bits per heavy atom. The predicted molar refractivity (Wildman–Crippen MR) is 78.4 cm³/mol. The smallest absolute Gasteiger partial charge is 0.269 e. The molecule has 0 aliphatic carbocycles. The second kappa shape index (κ2) is 6.51. The molecule has 2 amide bonds. The molecule has 0 spiro atoms. The lowest BCUT2D eigenvalue weighted by Gasteiger charge is -2.08. The van der Waals surface area contributed by atoms with Gasteiger partial charge in [-0.3, -0.25) is 14.6 Å². The molecule has 1 heterocycles. The van der Waals surface area contributed by atoms with E-state index in [4.69, 9.17) is 4.74 Å². The molecule has 0 aliphatic heterocycles. The molecular weight excluding hydrogens is 270 g/mol. The zero-order valence-electron chi connectivity index (χ0n) is 11.7. The molecule has 0 saturated carbocycles. The maximum Gasteiger partial charge on any atom is 0.269 e. The van der Waals surface area contributed by atoms with Gasteiger partial charge in [-0.25, -0.2) is 0 Å². The quantitative estimate of drug-likeness (QED) is 0.902. The molecular formula is C15H15N3O3. The van der Waals surface area contributed by atoms with Gasteiger partial charge in [-0.2, -0.15) is 0 Å². The van der Waals surface area contributed by atoms with Gasteiger partial charge in [-0.05, 0) is 30.3 Å². The Labute approximate surface area is 122 Å². The monoisotopic (exact) mass is 285 g/mol. The molecule has 0 fully saturated rings. The summed E-state index contributed by atoms with van der Waals surface area (Å²) in [5, 5.41) is 5.17. The van der Waals surface area contributed by atoms with Crippen molar-refractivity contribution in [1.82, 2.24) is 10.3 Å². The molecule has 21 heavy (non-hydrogen) atoms. The number of carbonyl (C=O) groups excluding carboxylic acids is 2. The van der Waals surface area contributed by atoms with Crippen LogP contribution in [0.25, 0.3) is 0 Å². The van der Waals surface area contributed by atoms with Crippen molar-refractivity contribution >= 4 is 17.5 Å². The summed E-state index contributed by atoms with van der Waals surface area (Å²) in [6, 6.07) is 10.1. The number of ether oxygens (including phenoxy) is 1. The number of pyridine rings is 1. The van der Waals surface area contributed by atoms with Crippen LogP contribution in [-0.4, -0.2) is 23.8 Å². The van der Waals surface area contributed by atoms with Crippen LogP contribution in [0.4, 0.5) is 5.69 Å². The number of rotatable bonds is 4. The van der Waals surface area contributed by atoms with Gasteiger partial charge in [-0.1, -0.05) is 0 Å². The molecule has 2 N–H and O–H groups in total. The number of hydrogen-bond acceptors (Lipinski definition) is 4. The van der Waals surface area contributed by atoms with Gasteiger partial charge in [-0.15, -0.1) is 0 Å². The Bertz CT molecular complexity index is 653. The van der Waals surface area contributed by atoms with E-state index in [1.165, 1.54) is 20.2 Å². The Hall–Kier alpha value is -2.89. The van der Waals surface area contributed by atoms with Crippen LogP contribution in [0.1, 0.15) is 17.4 Å². The Morgan fingerprint density at radius 1 is 1.10 bits per heavy atom. The lowest BCUT2D eigenvalue weighted by molar-refractivity contribution is -0.114. The molecule has 6 nitrogen and oxygen atoms in total. The average Bonchev–Trinajstić information content (AvgIpc) is 2.48. The minimum atomic E-state index is -0.276. The maximum atomic E-state index is 11.5. The van der Waals surface area contributed by atoms with E-state index in [9.17, 15) is 9.59 Å². The van der Waals surface area contributed by atoms with Crippen LogP contribution < -0.4 is 15.4 Å². The number of nitrogens with one attached hydrogen (secondary N) is 2. The van der Waals surface area contributed by atoms with Gasteiger partial charge in [0.1, 0.15) is 17.2 Å². The number of aromatic nitrogens is 1. The summed E-state index contributed by atoms with van der Waals surface area (Å²) in [6.07, 6.45) is 1.51. The lowest BCUT2D eigenvalue weighted by atomic mass is 10.3. The van der Waals surface area contributed by atoms with Gasteiger partial charge in [0, 0.05) is 31.9 Å². The minimum absolute atomic E-state index is 0.131. The van der Waals surface area contributed by atoms with Crippen LogP contribution >= 0.6 is 0 Å². The van der Waals surface area contributed by atoms with Crippen LogP contribution in [0.3, 0.4) is 0 Å². The fourth-order valence-corrected chi connectivity index (χ4v) is 1.67. The fraction of sp³-hybridized carbons (Fsp3) is 0.133. The SMILES string of the molecule is CNC(=O)c1cc(Oc2ccc(NC(C)=O)cc2)ccn1. The first-order chi connectivity index (χ1) is 10.1. The first-order valence-corrected chi connectivity index (χ1v) is 6.32. The molecule has 6 heteroatoms. The number of nitrogens with zero attached hydrogens (tertiary/aromatic N) is 1. The molecule has 0 bridgehead atoms. The molecule has 0 unspecified atom stereocenters. The molecule has 0 saturated heterocycles. The number of amides is 2. The second-order valence-electron chi connectivity index (χ2n) is 4.26. The summed E-state index contributed by atoms with van der Waals surface area (Å²) in [5.74, 6) is 0.698. The third kappa shape index (κ3) is 4.04. The van der Waals surface area contributed by atoms with E-state index >= 15 is 0 Å². The highest BCUT2D eigenvalue weighted by Crippen LogP contribution is 2.23. The van der Waals surface area contributed by atoms with E-state index in [1.807, 2.05) is 0 Å². The van der Waals surface area contributed by atoms with E-state index in [-0.39, 0.29) is 17.5 Å². The van der Waals surface area contributed by atoms with Crippen LogP contribution in [0.15, 0.2) is 42.6 Å². The summed E-state index contributed by atoms with van der Waals surface area (Å²) < 4.78 is 5.64. The summed E-state index contributed by atoms with van der Waals surface area (Å²) in [7, 11) is 1.54. The molecule has 0 radical (unpaired) electrons. The average molecular weight is 285 g/mol. The summed E-state index contributed by atoms with van der Waals surface area (Å²) in [6.45, 7) is 1.45. The van der Waals surface area contributed by atoms with Crippen molar-refractivity contribution in [3.63, 3.8) is 0 Å². The van der Waals surface area contributed by atoms with Crippen molar-refractivity contribution < 1.29 is 14.3 Å². The lowest BCUT2D eigenvalue weighted by Crippen LogP contribution is -2.18. The number of hydrogen-bond donors (Lipinski definition) is 2. The molecule has 1 aromatic heterocycles. The summed E-state index contributed by atoms with van der Waals surface area (Å²) in [4.78, 5) is 26.4. The highest BCUT2D eigenvalue weighted by Gasteiger charge is 2.06. The topological polar surface area (TPSA) is 80.3 Å². The van der Waals surface area contributed by atoms with Crippen LogP contribution in [0.2, 0.25) is 0 Å².